The molecule has 0 saturated heterocycles. The van der Waals surface area contributed by atoms with E-state index in [1.165, 1.54) is 0 Å². The van der Waals surface area contributed by atoms with Crippen molar-refractivity contribution in [3.63, 3.8) is 0 Å². The molecule has 6 nitrogen and oxygen atoms in total. The Morgan fingerprint density at radius 2 is 1.06 bits per heavy atom. The van der Waals surface area contributed by atoms with Gasteiger partial charge in [0.05, 0.1) is 0 Å². The van der Waals surface area contributed by atoms with Crippen LogP contribution in [0.4, 0.5) is 0 Å². The summed E-state index contributed by atoms with van der Waals surface area (Å²) in [7, 11) is -4.05. The van der Waals surface area contributed by atoms with Crippen molar-refractivity contribution in [2.45, 2.75) is 65.7 Å². The summed E-state index contributed by atoms with van der Waals surface area (Å²) >= 11 is 0. The Morgan fingerprint density at radius 1 is 0.656 bits per heavy atom. The number of hydrogen-bond acceptors (Lipinski definition) is 6. The van der Waals surface area contributed by atoms with E-state index in [1.54, 1.807) is 0 Å². The van der Waals surface area contributed by atoms with Crippen LogP contribution in [0.2, 0.25) is 25.2 Å². The molecule has 0 atom stereocenters. The maximum atomic E-state index is 5.89. The van der Waals surface area contributed by atoms with E-state index in [9.17, 15) is 0 Å². The average molecular weight is 481 g/mol. The molecule has 0 fully saturated rings. The fourth-order valence-corrected chi connectivity index (χ4v) is 7.98. The van der Waals surface area contributed by atoms with Gasteiger partial charge in [0.2, 0.25) is 0 Å². The summed E-state index contributed by atoms with van der Waals surface area (Å²) in [4.78, 5) is 9.13. The zero-order valence-electron chi connectivity index (χ0n) is 21.1. The van der Waals surface area contributed by atoms with Crippen LogP contribution in [0.15, 0.2) is 34.3 Å². The molecule has 0 aliphatic carbocycles. The molecule has 0 heterocycles. The Bertz CT molecular complexity index is 649. The van der Waals surface area contributed by atoms with Gasteiger partial charge in [-0.1, -0.05) is 24.3 Å². The number of rotatable bonds is 18. The molecule has 1 rings (SSSR count). The monoisotopic (exact) mass is 480 g/mol. The second-order valence-electron chi connectivity index (χ2n) is 8.12. The van der Waals surface area contributed by atoms with Gasteiger partial charge in [-0.3, -0.25) is 9.98 Å². The predicted molar refractivity (Wildman–Crippen MR) is 140 cm³/mol. The third-order valence-corrected chi connectivity index (χ3v) is 10.7. The molecular formula is C24H44N2O4Si2. The lowest BCUT2D eigenvalue weighted by molar-refractivity contribution is 0.0710. The Balaban J connectivity index is 2.41. The van der Waals surface area contributed by atoms with E-state index in [2.05, 4.69) is 54.3 Å². The molecule has 0 radical (unpaired) electrons. The van der Waals surface area contributed by atoms with Crippen molar-refractivity contribution in [1.82, 2.24) is 0 Å². The smallest absolute Gasteiger partial charge is 0.418 e. The molecule has 0 aromatic heterocycles. The van der Waals surface area contributed by atoms with Gasteiger partial charge in [0.25, 0.3) is 0 Å². The number of aliphatic imine (C=N–C) groups is 2. The first-order valence-corrected chi connectivity index (χ1v) is 17.1. The van der Waals surface area contributed by atoms with Gasteiger partial charge >= 0.3 is 8.80 Å². The molecule has 0 spiro atoms. The van der Waals surface area contributed by atoms with Crippen LogP contribution in [0.5, 0.6) is 0 Å². The van der Waals surface area contributed by atoms with Gasteiger partial charge in [0.15, 0.2) is 8.32 Å². The Hall–Kier alpha value is -1.17. The van der Waals surface area contributed by atoms with Crippen molar-refractivity contribution in [3.8, 4) is 0 Å². The van der Waals surface area contributed by atoms with Crippen LogP contribution < -0.4 is 0 Å². The van der Waals surface area contributed by atoms with E-state index >= 15 is 0 Å². The van der Waals surface area contributed by atoms with Crippen molar-refractivity contribution in [1.29, 1.82) is 0 Å². The minimum atomic E-state index is -2.56. The minimum absolute atomic E-state index is 0.609. The molecular weight excluding hydrogens is 436 g/mol. The van der Waals surface area contributed by atoms with E-state index < -0.39 is 17.1 Å². The molecule has 0 bridgehead atoms. The minimum Gasteiger partial charge on any atom is -0.418 e. The zero-order valence-corrected chi connectivity index (χ0v) is 23.1. The van der Waals surface area contributed by atoms with Gasteiger partial charge in [0.1, 0.15) is 0 Å². The molecule has 8 heteroatoms. The van der Waals surface area contributed by atoms with Crippen molar-refractivity contribution in [3.05, 3.63) is 35.4 Å². The quantitative estimate of drug-likeness (QED) is 0.156. The summed E-state index contributed by atoms with van der Waals surface area (Å²) in [6, 6.07) is 10.3. The molecule has 0 aliphatic heterocycles. The zero-order chi connectivity index (χ0) is 23.7. The lowest BCUT2D eigenvalue weighted by atomic mass is 10.1. The Kier molecular flexibility index (Phi) is 14.8. The van der Waals surface area contributed by atoms with E-state index in [0.29, 0.717) is 19.8 Å². The molecule has 182 valence electrons. The lowest BCUT2D eigenvalue weighted by Gasteiger charge is -2.28. The van der Waals surface area contributed by atoms with Crippen LogP contribution in [-0.2, 0) is 17.7 Å². The summed E-state index contributed by atoms with van der Waals surface area (Å²) < 4.78 is 23.5. The predicted octanol–water partition coefficient (Wildman–Crippen LogP) is 5.59. The lowest BCUT2D eigenvalue weighted by Crippen LogP contribution is -2.46. The van der Waals surface area contributed by atoms with E-state index in [4.69, 9.17) is 17.7 Å². The molecule has 1 aromatic carbocycles. The van der Waals surface area contributed by atoms with E-state index in [-0.39, 0.29) is 0 Å². The standard InChI is InChI=1S/C24H44N2O4Si2/c1-7-27-31(5,6)19-11-17-25-21-23-13-15-24(16-14-23)22-26-18-12-20-32(28-8-2,29-9-3)30-10-4/h13-16,21-22H,7-12,17-20H2,1-6H3. The molecule has 32 heavy (non-hydrogen) atoms. The first-order chi connectivity index (χ1) is 15.4. The third kappa shape index (κ3) is 12.2. The number of benzene rings is 1. The molecule has 0 saturated carbocycles. The van der Waals surface area contributed by atoms with Crippen molar-refractivity contribution >= 4 is 29.6 Å². The van der Waals surface area contributed by atoms with Gasteiger partial charge in [-0.05, 0) is 70.8 Å². The van der Waals surface area contributed by atoms with Crippen LogP contribution in [0.25, 0.3) is 0 Å². The molecule has 0 aliphatic rings. The normalized spacial score (nSPS) is 12.9. The van der Waals surface area contributed by atoms with Crippen molar-refractivity contribution < 1.29 is 17.7 Å². The van der Waals surface area contributed by atoms with Gasteiger partial charge in [0, 0.05) is 58.0 Å². The van der Waals surface area contributed by atoms with Crippen LogP contribution in [-0.4, -0.2) is 69.1 Å². The van der Waals surface area contributed by atoms with Crippen molar-refractivity contribution in [2.24, 2.45) is 9.98 Å². The molecule has 0 amide bonds. The second-order valence-corrected chi connectivity index (χ2v) is 15.2. The first-order valence-electron chi connectivity index (χ1n) is 12.1. The molecule has 0 N–H and O–H groups in total. The second kappa shape index (κ2) is 16.4. The fraction of sp³-hybridized carbons (Fsp3) is 0.667. The maximum absolute atomic E-state index is 5.89. The first kappa shape index (κ1) is 28.9. The number of nitrogens with zero attached hydrogens (tertiary/aromatic N) is 2. The fourth-order valence-electron chi connectivity index (χ4n) is 3.46. The largest absolute Gasteiger partial charge is 0.500 e. The van der Waals surface area contributed by atoms with Gasteiger partial charge in [-0.25, -0.2) is 0 Å². The van der Waals surface area contributed by atoms with Crippen LogP contribution in [0.1, 0.15) is 51.7 Å². The van der Waals surface area contributed by atoms with Gasteiger partial charge in [-0.2, -0.15) is 0 Å². The highest BCUT2D eigenvalue weighted by molar-refractivity contribution is 6.71. The number of hydrogen-bond donors (Lipinski definition) is 0. The van der Waals surface area contributed by atoms with Crippen LogP contribution >= 0.6 is 0 Å². The van der Waals surface area contributed by atoms with Crippen LogP contribution in [0.3, 0.4) is 0 Å². The van der Waals surface area contributed by atoms with Gasteiger partial charge < -0.3 is 17.7 Å². The van der Waals surface area contributed by atoms with E-state index in [0.717, 1.165) is 55.8 Å². The topological polar surface area (TPSA) is 61.6 Å². The highest BCUT2D eigenvalue weighted by atomic mass is 28.4. The maximum Gasteiger partial charge on any atom is 0.500 e. The third-order valence-electron chi connectivity index (χ3n) is 4.88. The summed E-state index contributed by atoms with van der Waals surface area (Å²) in [5, 5.41) is 0. The summed E-state index contributed by atoms with van der Waals surface area (Å²) in [5.41, 5.74) is 2.21. The molecule has 0 unspecified atom stereocenters. The average Bonchev–Trinajstić information content (AvgIpc) is 2.75. The van der Waals surface area contributed by atoms with Gasteiger partial charge in [-0.15, -0.1) is 0 Å². The summed E-state index contributed by atoms with van der Waals surface area (Å²) in [5.74, 6) is 0. The Labute approximate surface area is 198 Å². The SMILES string of the molecule is CCO[Si](C)(C)CCCN=Cc1ccc(C=NCCC[Si](OCC)(OCC)OCC)cc1. The Morgan fingerprint density at radius 3 is 1.47 bits per heavy atom. The summed E-state index contributed by atoms with van der Waals surface area (Å²) in [6.07, 6.45) is 5.85. The van der Waals surface area contributed by atoms with Crippen molar-refractivity contribution in [2.75, 3.05) is 39.5 Å². The highest BCUT2D eigenvalue weighted by Gasteiger charge is 2.39. The van der Waals surface area contributed by atoms with E-state index in [1.807, 2.05) is 33.2 Å². The molecule has 1 aromatic rings. The summed E-state index contributed by atoms with van der Waals surface area (Å²) in [6.45, 7) is 16.8. The highest BCUT2D eigenvalue weighted by Crippen LogP contribution is 2.18. The van der Waals surface area contributed by atoms with Crippen LogP contribution in [0, 0.1) is 0 Å².